The van der Waals surface area contributed by atoms with Crippen molar-refractivity contribution in [3.63, 3.8) is 0 Å². The molecule has 272 valence electrons. The predicted octanol–water partition coefficient (Wildman–Crippen LogP) is 11.6. The molecule has 4 aromatic heterocycles. The number of pyridine rings is 2. The highest BCUT2D eigenvalue weighted by Crippen LogP contribution is 2.46. The van der Waals surface area contributed by atoms with Gasteiger partial charge in [-0.2, -0.15) is 0 Å². The van der Waals surface area contributed by atoms with Gasteiger partial charge in [0.05, 0.1) is 40.1 Å². The van der Waals surface area contributed by atoms with Crippen LogP contribution in [-0.2, 0) is 0 Å². The Bertz CT molecular complexity index is 3270. The number of hydrogen-bond acceptors (Lipinski definition) is 2. The molecule has 2 atom stereocenters. The average molecular weight is 733 g/mol. The first kappa shape index (κ1) is 33.3. The first-order chi connectivity index (χ1) is 28.3. The van der Waals surface area contributed by atoms with Crippen LogP contribution in [0.2, 0.25) is 0 Å². The van der Waals surface area contributed by atoms with E-state index in [2.05, 4.69) is 177 Å². The minimum atomic E-state index is 0.166. The number of hydrogen-bond donors (Lipinski definition) is 0. The largest absolute Gasteiger partial charge is 0.310 e. The number of rotatable bonds is 3. The Balaban J connectivity index is 0.00000184. The molecule has 6 aromatic carbocycles. The number of para-hydroxylation sites is 2. The molecule has 2 aliphatic rings. The fourth-order valence-corrected chi connectivity index (χ4v) is 9.96. The molecule has 10 aromatic rings. The summed E-state index contributed by atoms with van der Waals surface area (Å²) in [6.45, 7) is 4.00. The zero-order valence-electron chi connectivity index (χ0n) is 32.0. The van der Waals surface area contributed by atoms with Crippen molar-refractivity contribution in [1.29, 1.82) is 0 Å². The Kier molecular flexibility index (Phi) is 7.78. The summed E-state index contributed by atoms with van der Waals surface area (Å²) in [7, 11) is 0. The lowest BCUT2D eigenvalue weighted by Crippen LogP contribution is -2.32. The first-order valence-corrected chi connectivity index (χ1v) is 20.1. The number of fused-ring (bicyclic) bond motifs is 11. The van der Waals surface area contributed by atoms with Crippen molar-refractivity contribution < 1.29 is 0 Å². The van der Waals surface area contributed by atoms with Crippen molar-refractivity contribution in [1.82, 2.24) is 19.1 Å². The minimum Gasteiger partial charge on any atom is -0.310 e. The molecule has 0 amide bonds. The summed E-state index contributed by atoms with van der Waals surface area (Å²) in [5, 5.41) is 12.4. The van der Waals surface area contributed by atoms with Gasteiger partial charge in [-0.3, -0.25) is 9.97 Å². The van der Waals surface area contributed by atoms with Gasteiger partial charge in [-0.25, -0.2) is 0 Å². The lowest BCUT2D eigenvalue weighted by atomic mass is 9.81. The van der Waals surface area contributed by atoms with Gasteiger partial charge in [0, 0.05) is 67.5 Å². The van der Waals surface area contributed by atoms with Gasteiger partial charge in [0.15, 0.2) is 0 Å². The molecule has 0 spiro atoms. The van der Waals surface area contributed by atoms with Gasteiger partial charge in [0.1, 0.15) is 0 Å². The quantitative estimate of drug-likeness (QED) is 0.170. The van der Waals surface area contributed by atoms with E-state index in [4.69, 9.17) is 0 Å². The predicted molar refractivity (Wildman–Crippen MR) is 239 cm³/mol. The fraction of sp³-hybridized carbons (Fsp3) is 0.0943. The lowest BCUT2D eigenvalue weighted by Gasteiger charge is -2.25. The van der Waals surface area contributed by atoms with Gasteiger partial charge in [-0.15, -0.1) is 0 Å². The second kappa shape index (κ2) is 13.3. The normalized spacial score (nSPS) is 16.3. The van der Waals surface area contributed by atoms with Crippen molar-refractivity contribution in [2.45, 2.75) is 20.3 Å². The topological polar surface area (TPSA) is 35.6 Å². The Morgan fingerprint density at radius 2 is 0.895 bits per heavy atom. The SMILES string of the molecule is C1=CC2CC(C=C1)C(n1c3ccccc3c3ccncc31)=c1ccccc1=C2c1c2ccccc2c(-n2c3ccccc3c3ccncc32)c2ccccc12.CC. The molecule has 57 heavy (non-hydrogen) atoms. The molecule has 0 saturated heterocycles. The van der Waals surface area contributed by atoms with E-state index >= 15 is 0 Å². The van der Waals surface area contributed by atoms with Gasteiger partial charge in [-0.1, -0.05) is 147 Å². The van der Waals surface area contributed by atoms with E-state index in [0.717, 1.165) is 17.5 Å². The first-order valence-electron chi connectivity index (χ1n) is 20.1. The summed E-state index contributed by atoms with van der Waals surface area (Å²) in [6.07, 6.45) is 18.2. The Labute approximate surface area is 330 Å². The van der Waals surface area contributed by atoms with Crippen molar-refractivity contribution in [2.24, 2.45) is 11.8 Å². The van der Waals surface area contributed by atoms with Crippen LogP contribution in [0.5, 0.6) is 0 Å². The number of benzene rings is 6. The third kappa shape index (κ3) is 4.87. The molecular formula is C53H40N4. The molecule has 0 fully saturated rings. The summed E-state index contributed by atoms with van der Waals surface area (Å²) < 4.78 is 4.96. The monoisotopic (exact) mass is 732 g/mol. The van der Waals surface area contributed by atoms with Crippen molar-refractivity contribution in [2.75, 3.05) is 0 Å². The van der Waals surface area contributed by atoms with Crippen LogP contribution in [0.4, 0.5) is 0 Å². The summed E-state index contributed by atoms with van der Waals surface area (Å²) in [6, 6.07) is 49.1. The maximum Gasteiger partial charge on any atom is 0.0724 e. The van der Waals surface area contributed by atoms with E-state index in [1.165, 1.54) is 87.1 Å². The van der Waals surface area contributed by atoms with Gasteiger partial charge in [0.2, 0.25) is 0 Å². The summed E-state index contributed by atoms with van der Waals surface area (Å²) in [5.41, 5.74) is 9.82. The van der Waals surface area contributed by atoms with Gasteiger partial charge >= 0.3 is 0 Å². The molecule has 0 radical (unpaired) electrons. The smallest absolute Gasteiger partial charge is 0.0724 e. The van der Waals surface area contributed by atoms with E-state index in [1.54, 1.807) is 0 Å². The molecule has 12 rings (SSSR count). The maximum absolute atomic E-state index is 4.66. The second-order valence-corrected chi connectivity index (χ2v) is 14.9. The third-order valence-electron chi connectivity index (χ3n) is 12.1. The van der Waals surface area contributed by atoms with Gasteiger partial charge in [0.25, 0.3) is 0 Å². The second-order valence-electron chi connectivity index (χ2n) is 14.9. The molecule has 2 unspecified atom stereocenters. The van der Waals surface area contributed by atoms with E-state index in [0.29, 0.717) is 0 Å². The minimum absolute atomic E-state index is 0.166. The van der Waals surface area contributed by atoms with Crippen LogP contribution in [0, 0.1) is 11.8 Å². The molecule has 4 nitrogen and oxygen atoms in total. The molecule has 4 heterocycles. The average Bonchev–Trinajstić information content (AvgIpc) is 3.61. The van der Waals surface area contributed by atoms with E-state index < -0.39 is 0 Å². The molecule has 0 aliphatic heterocycles. The van der Waals surface area contributed by atoms with Crippen LogP contribution in [0.25, 0.3) is 82.1 Å². The molecule has 0 N–H and O–H groups in total. The van der Waals surface area contributed by atoms with Crippen LogP contribution in [0.15, 0.2) is 183 Å². The zero-order chi connectivity index (χ0) is 38.0. The van der Waals surface area contributed by atoms with Crippen molar-refractivity contribution in [3.05, 3.63) is 199 Å². The fourth-order valence-electron chi connectivity index (χ4n) is 9.96. The number of allylic oxidation sites excluding steroid dienone is 4. The zero-order valence-corrected chi connectivity index (χ0v) is 32.0. The molecule has 2 aliphatic carbocycles. The van der Waals surface area contributed by atoms with E-state index in [9.17, 15) is 0 Å². The highest BCUT2D eigenvalue weighted by Gasteiger charge is 2.31. The number of aromatic nitrogens is 4. The van der Waals surface area contributed by atoms with Crippen LogP contribution >= 0.6 is 0 Å². The Morgan fingerprint density at radius 1 is 0.439 bits per heavy atom. The molecule has 4 heteroatoms. The Hall–Kier alpha value is -7.04. The van der Waals surface area contributed by atoms with Crippen LogP contribution in [0.3, 0.4) is 0 Å². The highest BCUT2D eigenvalue weighted by atomic mass is 15.0. The molecule has 0 saturated carbocycles. The van der Waals surface area contributed by atoms with Crippen molar-refractivity contribution in [3.8, 4) is 5.69 Å². The maximum atomic E-state index is 4.66. The molecular weight excluding hydrogens is 693 g/mol. The summed E-state index contributed by atoms with van der Waals surface area (Å²) in [5.74, 6) is 0.333. The summed E-state index contributed by atoms with van der Waals surface area (Å²) in [4.78, 5) is 9.31. The van der Waals surface area contributed by atoms with E-state index in [-0.39, 0.29) is 11.8 Å². The Morgan fingerprint density at radius 3 is 1.51 bits per heavy atom. The standard InChI is InChI=1S/C51H34N4.C2H6/c1-2-14-33-29-32(13-1)48(38-17-3-6-20-41(38)50(33)54-44-23-11-9-15-34(44)36-25-27-52-30-46(36)54)49-39-18-4-7-21-42(39)51(43-22-8-5-19-40(43)49)55-45-24-12-10-16-35(45)37-26-28-53-31-47(37)55;1-2/h1-28,30-33H,29H2;1-2H3. The molecule has 2 bridgehead atoms. The van der Waals surface area contributed by atoms with Crippen LogP contribution in [-0.4, -0.2) is 19.1 Å². The van der Waals surface area contributed by atoms with E-state index in [1.807, 2.05) is 38.6 Å². The third-order valence-corrected chi connectivity index (χ3v) is 12.1. The van der Waals surface area contributed by atoms with Crippen LogP contribution < -0.4 is 10.4 Å². The van der Waals surface area contributed by atoms with Gasteiger partial charge in [-0.05, 0) is 57.8 Å². The summed E-state index contributed by atoms with van der Waals surface area (Å²) >= 11 is 0. The van der Waals surface area contributed by atoms with Crippen LogP contribution in [0.1, 0.15) is 25.8 Å². The number of nitrogens with zero attached hydrogens (tertiary/aromatic N) is 4. The van der Waals surface area contributed by atoms with Gasteiger partial charge < -0.3 is 9.13 Å². The lowest BCUT2D eigenvalue weighted by molar-refractivity contribution is 0.642. The highest BCUT2D eigenvalue weighted by molar-refractivity contribution is 6.19. The van der Waals surface area contributed by atoms with Crippen molar-refractivity contribution >= 4 is 76.4 Å².